The van der Waals surface area contributed by atoms with Gasteiger partial charge in [0.05, 0.1) is 6.54 Å². The van der Waals surface area contributed by atoms with Crippen LogP contribution in [-0.2, 0) is 17.9 Å². The molecule has 150 valence electrons. The smallest absolute Gasteiger partial charge is 0.236 e. The molecule has 0 unspecified atom stereocenters. The summed E-state index contributed by atoms with van der Waals surface area (Å²) < 4.78 is 0. The number of amides is 1. The molecule has 0 radical (unpaired) electrons. The number of hydrogen-bond donors (Lipinski definition) is 1. The Morgan fingerprint density at radius 3 is 2.00 bits per heavy atom. The molecule has 28 heavy (non-hydrogen) atoms. The fourth-order valence-corrected chi connectivity index (χ4v) is 3.88. The second-order valence-corrected chi connectivity index (χ2v) is 7.75. The van der Waals surface area contributed by atoms with Gasteiger partial charge in [-0.3, -0.25) is 9.69 Å². The van der Waals surface area contributed by atoms with Crippen molar-refractivity contribution in [3.63, 3.8) is 0 Å². The van der Waals surface area contributed by atoms with Crippen LogP contribution in [0.4, 0.5) is 0 Å². The minimum atomic E-state index is 0.258. The number of hydrogen-bond acceptors (Lipinski definition) is 3. The van der Waals surface area contributed by atoms with Crippen molar-refractivity contribution in [2.75, 3.05) is 32.7 Å². The molecular weight excluding hydrogens is 346 g/mol. The molecule has 4 nitrogen and oxygen atoms in total. The summed E-state index contributed by atoms with van der Waals surface area (Å²) in [6.07, 6.45) is 2.21. The van der Waals surface area contributed by atoms with Gasteiger partial charge in [-0.2, -0.15) is 0 Å². The minimum Gasteiger partial charge on any atom is -0.342 e. The first-order valence-electron chi connectivity index (χ1n) is 10.5. The Hall–Kier alpha value is -2.17. The van der Waals surface area contributed by atoms with Crippen LogP contribution in [0.1, 0.15) is 30.9 Å². The number of carbonyl (C=O) groups excluding carboxylic acids is 1. The molecular formula is C24H33N3O. The van der Waals surface area contributed by atoms with Crippen LogP contribution in [0, 0.1) is 5.92 Å². The van der Waals surface area contributed by atoms with Crippen LogP contribution in [0.25, 0.3) is 0 Å². The lowest BCUT2D eigenvalue weighted by Crippen LogP contribution is -2.45. The minimum absolute atomic E-state index is 0.258. The second kappa shape index (κ2) is 11.0. The molecule has 1 amide bonds. The van der Waals surface area contributed by atoms with Gasteiger partial charge < -0.3 is 10.2 Å². The van der Waals surface area contributed by atoms with Gasteiger partial charge >= 0.3 is 0 Å². The van der Waals surface area contributed by atoms with Gasteiger partial charge in [0, 0.05) is 26.2 Å². The summed E-state index contributed by atoms with van der Waals surface area (Å²) in [5.74, 6) is 0.961. The van der Waals surface area contributed by atoms with Crippen molar-refractivity contribution in [3.8, 4) is 0 Å². The van der Waals surface area contributed by atoms with Crippen molar-refractivity contribution in [1.82, 2.24) is 15.1 Å². The fraction of sp³-hybridized carbons (Fsp3) is 0.458. The molecule has 0 saturated carbocycles. The lowest BCUT2D eigenvalue weighted by atomic mass is 9.96. The van der Waals surface area contributed by atoms with E-state index >= 15 is 0 Å². The number of nitrogens with zero attached hydrogens (tertiary/aromatic N) is 2. The first-order chi connectivity index (χ1) is 13.7. The summed E-state index contributed by atoms with van der Waals surface area (Å²) in [6, 6.07) is 20.9. The van der Waals surface area contributed by atoms with Crippen molar-refractivity contribution in [1.29, 1.82) is 0 Å². The first kappa shape index (κ1) is 20.6. The van der Waals surface area contributed by atoms with Crippen molar-refractivity contribution in [2.45, 2.75) is 32.9 Å². The summed E-state index contributed by atoms with van der Waals surface area (Å²) in [6.45, 7) is 8.07. The standard InChI is InChI=1S/C24H33N3O/c1-2-25-17-21-13-15-27(16-14-21)24(28)20-26(18-22-9-5-3-6-10-22)19-23-11-7-4-8-12-23/h3-12,21,25H,2,13-20H2,1H3. The molecule has 1 fully saturated rings. The molecule has 0 aromatic heterocycles. The maximum absolute atomic E-state index is 13.0. The van der Waals surface area contributed by atoms with Crippen LogP contribution in [0.3, 0.4) is 0 Å². The average molecular weight is 380 g/mol. The summed E-state index contributed by atoms with van der Waals surface area (Å²) in [7, 11) is 0. The van der Waals surface area contributed by atoms with Gasteiger partial charge in [0.2, 0.25) is 5.91 Å². The van der Waals surface area contributed by atoms with E-state index in [1.165, 1.54) is 11.1 Å². The molecule has 2 aromatic rings. The van der Waals surface area contributed by atoms with Crippen molar-refractivity contribution < 1.29 is 4.79 Å². The maximum atomic E-state index is 13.0. The van der Waals surface area contributed by atoms with E-state index in [9.17, 15) is 4.79 Å². The Morgan fingerprint density at radius 2 is 1.50 bits per heavy atom. The number of carbonyl (C=O) groups is 1. The highest BCUT2D eigenvalue weighted by Crippen LogP contribution is 2.17. The predicted molar refractivity (Wildman–Crippen MR) is 115 cm³/mol. The van der Waals surface area contributed by atoms with Crippen LogP contribution >= 0.6 is 0 Å². The first-order valence-corrected chi connectivity index (χ1v) is 10.5. The van der Waals surface area contributed by atoms with Gasteiger partial charge in [-0.1, -0.05) is 67.6 Å². The van der Waals surface area contributed by atoms with Gasteiger partial charge in [0.15, 0.2) is 0 Å². The van der Waals surface area contributed by atoms with Crippen molar-refractivity contribution in [3.05, 3.63) is 71.8 Å². The Morgan fingerprint density at radius 1 is 0.964 bits per heavy atom. The zero-order chi connectivity index (χ0) is 19.6. The molecule has 3 rings (SSSR count). The topological polar surface area (TPSA) is 35.6 Å². The van der Waals surface area contributed by atoms with Gasteiger partial charge in [-0.15, -0.1) is 0 Å². The lowest BCUT2D eigenvalue weighted by Gasteiger charge is -2.34. The molecule has 1 heterocycles. The van der Waals surface area contributed by atoms with E-state index in [0.29, 0.717) is 12.5 Å². The van der Waals surface area contributed by atoms with Crippen LogP contribution in [-0.4, -0.2) is 48.4 Å². The summed E-state index contributed by atoms with van der Waals surface area (Å²) >= 11 is 0. The molecule has 0 atom stereocenters. The molecule has 1 aliphatic rings. The molecule has 0 bridgehead atoms. The van der Waals surface area contributed by atoms with Crippen molar-refractivity contribution in [2.24, 2.45) is 5.92 Å². The van der Waals surface area contributed by atoms with E-state index in [1.54, 1.807) is 0 Å². The number of benzene rings is 2. The summed E-state index contributed by atoms with van der Waals surface area (Å²) in [5.41, 5.74) is 2.49. The Balaban J connectivity index is 1.58. The van der Waals surface area contributed by atoms with E-state index in [0.717, 1.165) is 52.1 Å². The predicted octanol–water partition coefficient (Wildman–Crippen LogP) is 3.54. The number of nitrogens with one attached hydrogen (secondary N) is 1. The van der Waals surface area contributed by atoms with E-state index < -0.39 is 0 Å². The molecule has 1 saturated heterocycles. The Bertz CT molecular complexity index is 655. The molecule has 4 heteroatoms. The molecule has 1 N–H and O–H groups in total. The molecule has 2 aromatic carbocycles. The Labute approximate surface area is 169 Å². The van der Waals surface area contributed by atoms with Crippen LogP contribution in [0.15, 0.2) is 60.7 Å². The van der Waals surface area contributed by atoms with E-state index in [1.807, 2.05) is 12.1 Å². The monoisotopic (exact) mass is 379 g/mol. The van der Waals surface area contributed by atoms with Crippen LogP contribution in [0.5, 0.6) is 0 Å². The number of likely N-dealkylation sites (tertiary alicyclic amines) is 1. The molecule has 0 spiro atoms. The molecule has 1 aliphatic heterocycles. The zero-order valence-corrected chi connectivity index (χ0v) is 17.0. The van der Waals surface area contributed by atoms with Crippen LogP contribution < -0.4 is 5.32 Å². The highest BCUT2D eigenvalue weighted by molar-refractivity contribution is 5.78. The summed E-state index contributed by atoms with van der Waals surface area (Å²) in [5, 5.41) is 3.44. The SMILES string of the molecule is CCNCC1CCN(C(=O)CN(Cc2ccccc2)Cc2ccccc2)CC1. The van der Waals surface area contributed by atoms with Gasteiger partial charge in [-0.05, 0) is 43.0 Å². The molecule has 0 aliphatic carbocycles. The van der Waals surface area contributed by atoms with Gasteiger partial charge in [0.25, 0.3) is 0 Å². The van der Waals surface area contributed by atoms with E-state index in [4.69, 9.17) is 0 Å². The highest BCUT2D eigenvalue weighted by Gasteiger charge is 2.24. The Kier molecular flexibility index (Phi) is 8.07. The quantitative estimate of drug-likeness (QED) is 0.724. The lowest BCUT2D eigenvalue weighted by molar-refractivity contribution is -0.134. The number of piperidine rings is 1. The van der Waals surface area contributed by atoms with Gasteiger partial charge in [0.1, 0.15) is 0 Å². The number of rotatable bonds is 9. The fourth-order valence-electron chi connectivity index (χ4n) is 3.88. The summed E-state index contributed by atoms with van der Waals surface area (Å²) in [4.78, 5) is 17.3. The van der Waals surface area contributed by atoms with Crippen LogP contribution in [0.2, 0.25) is 0 Å². The second-order valence-electron chi connectivity index (χ2n) is 7.75. The third kappa shape index (κ3) is 6.47. The highest BCUT2D eigenvalue weighted by atomic mass is 16.2. The van der Waals surface area contributed by atoms with E-state index in [2.05, 4.69) is 70.6 Å². The zero-order valence-electron chi connectivity index (χ0n) is 17.0. The maximum Gasteiger partial charge on any atom is 0.236 e. The largest absolute Gasteiger partial charge is 0.342 e. The van der Waals surface area contributed by atoms with Crippen molar-refractivity contribution >= 4 is 5.91 Å². The normalized spacial score (nSPS) is 15.1. The van der Waals surface area contributed by atoms with E-state index in [-0.39, 0.29) is 5.91 Å². The average Bonchev–Trinajstić information content (AvgIpc) is 2.74. The third-order valence-electron chi connectivity index (χ3n) is 5.51. The third-order valence-corrected chi connectivity index (χ3v) is 5.51. The van der Waals surface area contributed by atoms with Gasteiger partial charge in [-0.25, -0.2) is 0 Å².